The van der Waals surface area contributed by atoms with E-state index in [9.17, 15) is 4.79 Å². The Labute approximate surface area is 115 Å². The maximum Gasteiger partial charge on any atom is 0.410 e. The number of pyridine rings is 1. The molecule has 1 rings (SSSR count). The van der Waals surface area contributed by atoms with Gasteiger partial charge in [-0.1, -0.05) is 6.07 Å². The van der Waals surface area contributed by atoms with Gasteiger partial charge in [-0.2, -0.15) is 0 Å². The van der Waals surface area contributed by atoms with Crippen LogP contribution in [0.5, 0.6) is 0 Å². The number of amides is 1. The van der Waals surface area contributed by atoms with Gasteiger partial charge in [0.2, 0.25) is 0 Å². The highest BCUT2D eigenvalue weighted by Crippen LogP contribution is 2.13. The molecule has 0 aliphatic rings. The van der Waals surface area contributed by atoms with E-state index in [4.69, 9.17) is 4.74 Å². The maximum atomic E-state index is 11.9. The summed E-state index contributed by atoms with van der Waals surface area (Å²) in [5, 5.41) is 3.16. The Morgan fingerprint density at radius 3 is 2.63 bits per heavy atom. The fraction of sp³-hybridized carbons (Fsp3) is 0.571. The third-order valence-electron chi connectivity index (χ3n) is 2.55. The summed E-state index contributed by atoms with van der Waals surface area (Å²) in [5.74, 6) is 0. The van der Waals surface area contributed by atoms with E-state index < -0.39 is 5.60 Å². The SMILES string of the molecule is CNC(CN(C)C(=O)OC(C)(C)C)c1ccccn1. The van der Waals surface area contributed by atoms with E-state index in [1.54, 1.807) is 18.1 Å². The first kappa shape index (κ1) is 15.4. The first-order valence-corrected chi connectivity index (χ1v) is 6.36. The number of rotatable bonds is 4. The molecule has 0 spiro atoms. The number of hydrogen-bond donors (Lipinski definition) is 1. The zero-order valence-electron chi connectivity index (χ0n) is 12.3. The Kier molecular flexibility index (Phi) is 5.30. The monoisotopic (exact) mass is 265 g/mol. The van der Waals surface area contributed by atoms with Crippen molar-refractivity contribution in [2.45, 2.75) is 32.4 Å². The van der Waals surface area contributed by atoms with Crippen LogP contribution in [0, 0.1) is 0 Å². The van der Waals surface area contributed by atoms with Crippen molar-refractivity contribution in [3.05, 3.63) is 30.1 Å². The quantitative estimate of drug-likeness (QED) is 0.907. The Bertz CT molecular complexity index is 401. The predicted octanol–water partition coefficient (Wildman–Crippen LogP) is 2.21. The van der Waals surface area contributed by atoms with Crippen LogP contribution >= 0.6 is 0 Å². The molecule has 1 N–H and O–H groups in total. The van der Waals surface area contributed by atoms with Gasteiger partial charge in [0.25, 0.3) is 0 Å². The average molecular weight is 265 g/mol. The topological polar surface area (TPSA) is 54.5 Å². The number of nitrogens with one attached hydrogen (secondary N) is 1. The fourth-order valence-corrected chi connectivity index (χ4v) is 1.60. The van der Waals surface area contributed by atoms with Crippen LogP contribution in [-0.4, -0.2) is 42.2 Å². The van der Waals surface area contributed by atoms with Crippen LogP contribution in [0.4, 0.5) is 4.79 Å². The molecular weight excluding hydrogens is 242 g/mol. The summed E-state index contributed by atoms with van der Waals surface area (Å²) in [6, 6.07) is 5.72. The smallest absolute Gasteiger partial charge is 0.410 e. The highest BCUT2D eigenvalue weighted by atomic mass is 16.6. The minimum absolute atomic E-state index is 0.0151. The lowest BCUT2D eigenvalue weighted by Gasteiger charge is -2.27. The second-order valence-electron chi connectivity index (χ2n) is 5.46. The zero-order valence-corrected chi connectivity index (χ0v) is 12.3. The summed E-state index contributed by atoms with van der Waals surface area (Å²) >= 11 is 0. The Morgan fingerprint density at radius 1 is 1.47 bits per heavy atom. The van der Waals surface area contributed by atoms with E-state index in [1.807, 2.05) is 46.0 Å². The van der Waals surface area contributed by atoms with Gasteiger partial charge in [-0.3, -0.25) is 4.98 Å². The van der Waals surface area contributed by atoms with Crippen molar-refractivity contribution in [1.29, 1.82) is 0 Å². The van der Waals surface area contributed by atoms with E-state index in [1.165, 1.54) is 0 Å². The molecule has 0 bridgehead atoms. The molecule has 1 atom stereocenters. The molecule has 0 aliphatic heterocycles. The van der Waals surface area contributed by atoms with Crippen LogP contribution in [0.1, 0.15) is 32.5 Å². The van der Waals surface area contributed by atoms with Crippen LogP contribution in [0.25, 0.3) is 0 Å². The molecule has 1 heterocycles. The van der Waals surface area contributed by atoms with Crippen molar-refractivity contribution < 1.29 is 9.53 Å². The third kappa shape index (κ3) is 5.26. The van der Waals surface area contributed by atoms with Gasteiger partial charge in [-0.15, -0.1) is 0 Å². The van der Waals surface area contributed by atoms with Crippen molar-refractivity contribution in [1.82, 2.24) is 15.2 Å². The van der Waals surface area contributed by atoms with E-state index in [2.05, 4.69) is 10.3 Å². The normalized spacial score (nSPS) is 12.9. The molecule has 0 saturated carbocycles. The number of ether oxygens (including phenoxy) is 1. The molecule has 106 valence electrons. The lowest BCUT2D eigenvalue weighted by molar-refractivity contribution is 0.0283. The van der Waals surface area contributed by atoms with Crippen LogP contribution in [0.2, 0.25) is 0 Å². The van der Waals surface area contributed by atoms with Crippen LogP contribution in [0.15, 0.2) is 24.4 Å². The predicted molar refractivity (Wildman–Crippen MR) is 74.9 cm³/mol. The minimum atomic E-state index is -0.481. The molecule has 5 heteroatoms. The Balaban J connectivity index is 2.64. The Hall–Kier alpha value is -1.62. The maximum absolute atomic E-state index is 11.9. The number of hydrogen-bond acceptors (Lipinski definition) is 4. The van der Waals surface area contributed by atoms with Crippen LogP contribution in [-0.2, 0) is 4.74 Å². The molecule has 0 fully saturated rings. The van der Waals surface area contributed by atoms with Crippen LogP contribution < -0.4 is 5.32 Å². The van der Waals surface area contributed by atoms with Gasteiger partial charge < -0.3 is 15.0 Å². The average Bonchev–Trinajstić information content (AvgIpc) is 2.34. The molecule has 1 aromatic heterocycles. The van der Waals surface area contributed by atoms with Crippen molar-refractivity contribution in [3.63, 3.8) is 0 Å². The van der Waals surface area contributed by atoms with Crippen molar-refractivity contribution >= 4 is 6.09 Å². The largest absolute Gasteiger partial charge is 0.444 e. The standard InChI is InChI=1S/C14H23N3O2/c1-14(2,3)19-13(18)17(5)10-12(15-4)11-8-6-7-9-16-11/h6-9,12,15H,10H2,1-5H3. The molecule has 1 aromatic rings. The first-order valence-electron chi connectivity index (χ1n) is 6.36. The fourth-order valence-electron chi connectivity index (χ4n) is 1.60. The number of nitrogens with zero attached hydrogens (tertiary/aromatic N) is 2. The number of carbonyl (C=O) groups is 1. The van der Waals surface area contributed by atoms with Gasteiger partial charge in [0, 0.05) is 19.8 Å². The second-order valence-corrected chi connectivity index (χ2v) is 5.46. The molecule has 1 amide bonds. The lowest BCUT2D eigenvalue weighted by Crippen LogP contribution is -2.39. The lowest BCUT2D eigenvalue weighted by atomic mass is 10.2. The van der Waals surface area contributed by atoms with Gasteiger partial charge in [-0.25, -0.2) is 4.79 Å². The van der Waals surface area contributed by atoms with Crippen LogP contribution in [0.3, 0.4) is 0 Å². The number of aromatic nitrogens is 1. The molecule has 1 unspecified atom stereocenters. The molecule has 0 aromatic carbocycles. The molecule has 0 aliphatic carbocycles. The summed E-state index contributed by atoms with van der Waals surface area (Å²) in [7, 11) is 3.57. The highest BCUT2D eigenvalue weighted by molar-refractivity contribution is 5.67. The van der Waals surface area contributed by atoms with Crippen molar-refractivity contribution in [2.75, 3.05) is 20.6 Å². The zero-order chi connectivity index (χ0) is 14.5. The van der Waals surface area contributed by atoms with Crippen molar-refractivity contribution in [3.8, 4) is 0 Å². The van der Waals surface area contributed by atoms with E-state index in [0.29, 0.717) is 6.54 Å². The molecule has 5 nitrogen and oxygen atoms in total. The second kappa shape index (κ2) is 6.52. The first-order chi connectivity index (χ1) is 8.83. The molecule has 0 saturated heterocycles. The molecular formula is C14H23N3O2. The number of carbonyl (C=O) groups excluding carboxylic acids is 1. The van der Waals surface area contributed by atoms with E-state index in [0.717, 1.165) is 5.69 Å². The van der Waals surface area contributed by atoms with Gasteiger partial charge in [-0.05, 0) is 40.0 Å². The van der Waals surface area contributed by atoms with E-state index >= 15 is 0 Å². The summed E-state index contributed by atoms with van der Waals surface area (Å²) in [6.07, 6.45) is 1.41. The third-order valence-corrected chi connectivity index (χ3v) is 2.55. The molecule has 0 radical (unpaired) electrons. The van der Waals surface area contributed by atoms with Crippen molar-refractivity contribution in [2.24, 2.45) is 0 Å². The summed E-state index contributed by atoms with van der Waals surface area (Å²) in [4.78, 5) is 17.7. The number of likely N-dealkylation sites (N-methyl/N-ethyl adjacent to an activating group) is 2. The Morgan fingerprint density at radius 2 is 2.16 bits per heavy atom. The van der Waals surface area contributed by atoms with Gasteiger partial charge >= 0.3 is 6.09 Å². The van der Waals surface area contributed by atoms with E-state index in [-0.39, 0.29) is 12.1 Å². The minimum Gasteiger partial charge on any atom is -0.444 e. The van der Waals surface area contributed by atoms with Gasteiger partial charge in [0.05, 0.1) is 11.7 Å². The van der Waals surface area contributed by atoms with Gasteiger partial charge in [0.1, 0.15) is 5.60 Å². The summed E-state index contributed by atoms with van der Waals surface area (Å²) < 4.78 is 5.32. The summed E-state index contributed by atoms with van der Waals surface area (Å²) in [6.45, 7) is 6.07. The van der Waals surface area contributed by atoms with Gasteiger partial charge in [0.15, 0.2) is 0 Å². The summed E-state index contributed by atoms with van der Waals surface area (Å²) in [5.41, 5.74) is 0.422. The highest BCUT2D eigenvalue weighted by Gasteiger charge is 2.22. The molecule has 19 heavy (non-hydrogen) atoms.